The Balaban J connectivity index is 2.38. The first-order valence-corrected chi connectivity index (χ1v) is 7.62. The summed E-state index contributed by atoms with van der Waals surface area (Å²) < 4.78 is 1.07. The van der Waals surface area contributed by atoms with E-state index in [2.05, 4.69) is 33.4 Å². The van der Waals surface area contributed by atoms with Gasteiger partial charge < -0.3 is 15.3 Å². The molecule has 1 aromatic rings. The topological polar surface area (TPSA) is 52.6 Å². The summed E-state index contributed by atoms with van der Waals surface area (Å²) in [6, 6.07) is 7.99. The minimum atomic E-state index is -0.173. The minimum absolute atomic E-state index is 0.0306. The standard InChI is InChI=1S/C15H23BrN2O2/c1-11(17-15(20)18(3)12(2)10-19)4-5-13-6-8-14(16)9-7-13/h6-9,11-12,19H,4-5,10H2,1-3H3,(H,17,20). The number of nitrogens with one attached hydrogen (secondary N) is 1. The van der Waals surface area contributed by atoms with Crippen LogP contribution in [0.15, 0.2) is 28.7 Å². The number of amides is 2. The molecule has 1 rings (SSSR count). The largest absolute Gasteiger partial charge is 0.394 e. The number of halogens is 1. The Morgan fingerprint density at radius 2 is 1.95 bits per heavy atom. The van der Waals surface area contributed by atoms with Gasteiger partial charge in [-0.3, -0.25) is 0 Å². The third kappa shape index (κ3) is 5.51. The maximum absolute atomic E-state index is 11.9. The van der Waals surface area contributed by atoms with Gasteiger partial charge in [-0.05, 0) is 44.4 Å². The van der Waals surface area contributed by atoms with Crippen molar-refractivity contribution in [2.75, 3.05) is 13.7 Å². The van der Waals surface area contributed by atoms with E-state index >= 15 is 0 Å². The molecule has 0 aliphatic rings. The number of aliphatic hydroxyl groups is 1. The lowest BCUT2D eigenvalue weighted by Crippen LogP contribution is -2.46. The number of hydrogen-bond donors (Lipinski definition) is 2. The molecule has 2 N–H and O–H groups in total. The third-order valence-corrected chi connectivity index (χ3v) is 3.92. The molecule has 0 saturated carbocycles. The van der Waals surface area contributed by atoms with Gasteiger partial charge in [-0.1, -0.05) is 28.1 Å². The summed E-state index contributed by atoms with van der Waals surface area (Å²) in [6.07, 6.45) is 1.81. The highest BCUT2D eigenvalue weighted by molar-refractivity contribution is 9.10. The maximum Gasteiger partial charge on any atom is 0.317 e. The highest BCUT2D eigenvalue weighted by Gasteiger charge is 2.16. The van der Waals surface area contributed by atoms with Crippen molar-refractivity contribution in [3.8, 4) is 0 Å². The number of hydrogen-bond acceptors (Lipinski definition) is 2. The molecule has 2 unspecified atom stereocenters. The molecule has 112 valence electrons. The highest BCUT2D eigenvalue weighted by Crippen LogP contribution is 2.12. The quantitative estimate of drug-likeness (QED) is 0.835. The molecule has 1 aromatic carbocycles. The smallest absolute Gasteiger partial charge is 0.317 e. The van der Waals surface area contributed by atoms with E-state index in [4.69, 9.17) is 5.11 Å². The normalized spacial score (nSPS) is 13.7. The number of aliphatic hydroxyl groups excluding tert-OH is 1. The lowest BCUT2D eigenvalue weighted by Gasteiger charge is -2.25. The molecule has 2 atom stereocenters. The van der Waals surface area contributed by atoms with E-state index < -0.39 is 0 Å². The Morgan fingerprint density at radius 3 is 2.50 bits per heavy atom. The second-order valence-electron chi connectivity index (χ2n) is 5.16. The Bertz CT molecular complexity index is 422. The van der Waals surface area contributed by atoms with Crippen LogP contribution in [-0.4, -0.2) is 41.8 Å². The van der Waals surface area contributed by atoms with Gasteiger partial charge in [-0.25, -0.2) is 4.79 Å². The Hall–Kier alpha value is -1.07. The minimum Gasteiger partial charge on any atom is -0.394 e. The molecule has 0 heterocycles. The van der Waals surface area contributed by atoms with Gasteiger partial charge in [0, 0.05) is 17.6 Å². The SMILES string of the molecule is CC(CCc1ccc(Br)cc1)NC(=O)N(C)C(C)CO. The van der Waals surface area contributed by atoms with Crippen LogP contribution in [0.4, 0.5) is 4.79 Å². The zero-order valence-electron chi connectivity index (χ0n) is 12.3. The number of benzene rings is 1. The molecular weight excluding hydrogens is 320 g/mol. The summed E-state index contributed by atoms with van der Waals surface area (Å²) in [5.74, 6) is 0. The van der Waals surface area contributed by atoms with E-state index in [1.54, 1.807) is 7.05 Å². The molecular formula is C15H23BrN2O2. The molecule has 2 amide bonds. The van der Waals surface area contributed by atoms with E-state index in [1.165, 1.54) is 10.5 Å². The molecule has 0 saturated heterocycles. The number of urea groups is 1. The second-order valence-corrected chi connectivity index (χ2v) is 6.07. The Labute approximate surface area is 129 Å². The van der Waals surface area contributed by atoms with Gasteiger partial charge in [0.2, 0.25) is 0 Å². The number of aryl methyl sites for hydroxylation is 1. The summed E-state index contributed by atoms with van der Waals surface area (Å²) in [6.45, 7) is 3.78. The van der Waals surface area contributed by atoms with E-state index in [-0.39, 0.29) is 24.7 Å². The highest BCUT2D eigenvalue weighted by atomic mass is 79.9. The molecule has 0 fully saturated rings. The fraction of sp³-hybridized carbons (Fsp3) is 0.533. The predicted molar refractivity (Wildman–Crippen MR) is 84.8 cm³/mol. The second kappa shape index (κ2) is 8.27. The van der Waals surface area contributed by atoms with Gasteiger partial charge in [0.05, 0.1) is 12.6 Å². The molecule has 0 aliphatic heterocycles. The van der Waals surface area contributed by atoms with Crippen molar-refractivity contribution >= 4 is 22.0 Å². The number of carbonyl (C=O) groups excluding carboxylic acids is 1. The van der Waals surface area contributed by atoms with E-state index in [0.717, 1.165) is 17.3 Å². The summed E-state index contributed by atoms with van der Waals surface area (Å²) >= 11 is 3.41. The molecule has 20 heavy (non-hydrogen) atoms. The van der Waals surface area contributed by atoms with Crippen molar-refractivity contribution in [3.63, 3.8) is 0 Å². The van der Waals surface area contributed by atoms with E-state index in [9.17, 15) is 4.79 Å². The number of rotatable bonds is 6. The zero-order valence-corrected chi connectivity index (χ0v) is 13.9. The molecule has 0 aliphatic carbocycles. The van der Waals surface area contributed by atoms with Crippen LogP contribution in [0.3, 0.4) is 0 Å². The molecule has 5 heteroatoms. The van der Waals surface area contributed by atoms with Crippen LogP contribution in [0, 0.1) is 0 Å². The Kier molecular flexibility index (Phi) is 7.02. The lowest BCUT2D eigenvalue weighted by molar-refractivity contribution is 0.155. The van der Waals surface area contributed by atoms with Crippen molar-refractivity contribution < 1.29 is 9.90 Å². The van der Waals surface area contributed by atoms with Gasteiger partial charge >= 0.3 is 6.03 Å². The third-order valence-electron chi connectivity index (χ3n) is 3.39. The Morgan fingerprint density at radius 1 is 1.35 bits per heavy atom. The van der Waals surface area contributed by atoms with Crippen LogP contribution < -0.4 is 5.32 Å². The first-order chi connectivity index (χ1) is 9.43. The number of carbonyl (C=O) groups is 1. The average molecular weight is 343 g/mol. The van der Waals surface area contributed by atoms with Crippen LogP contribution in [0.1, 0.15) is 25.8 Å². The van der Waals surface area contributed by atoms with E-state index in [0.29, 0.717) is 0 Å². The summed E-state index contributed by atoms with van der Waals surface area (Å²) in [5.41, 5.74) is 1.26. The van der Waals surface area contributed by atoms with Crippen LogP contribution in [0.2, 0.25) is 0 Å². The average Bonchev–Trinajstić information content (AvgIpc) is 2.44. The first-order valence-electron chi connectivity index (χ1n) is 6.82. The van der Waals surface area contributed by atoms with Gasteiger partial charge in [0.25, 0.3) is 0 Å². The van der Waals surface area contributed by atoms with Crippen molar-refractivity contribution in [2.45, 2.75) is 38.8 Å². The fourth-order valence-corrected chi connectivity index (χ4v) is 2.01. The zero-order chi connectivity index (χ0) is 15.1. The van der Waals surface area contributed by atoms with E-state index in [1.807, 2.05) is 26.0 Å². The van der Waals surface area contributed by atoms with Gasteiger partial charge in [0.1, 0.15) is 0 Å². The molecule has 0 aromatic heterocycles. The van der Waals surface area contributed by atoms with Crippen molar-refractivity contribution in [2.24, 2.45) is 0 Å². The molecule has 4 nitrogen and oxygen atoms in total. The van der Waals surface area contributed by atoms with Crippen LogP contribution in [0.5, 0.6) is 0 Å². The van der Waals surface area contributed by atoms with Crippen molar-refractivity contribution in [1.29, 1.82) is 0 Å². The van der Waals surface area contributed by atoms with Crippen LogP contribution in [0.25, 0.3) is 0 Å². The fourth-order valence-electron chi connectivity index (χ4n) is 1.74. The van der Waals surface area contributed by atoms with Crippen molar-refractivity contribution in [1.82, 2.24) is 10.2 Å². The van der Waals surface area contributed by atoms with Crippen LogP contribution in [-0.2, 0) is 6.42 Å². The first kappa shape index (κ1) is 17.0. The maximum atomic E-state index is 11.9. The van der Waals surface area contributed by atoms with Gasteiger partial charge in [-0.15, -0.1) is 0 Å². The summed E-state index contributed by atoms with van der Waals surface area (Å²) in [4.78, 5) is 13.4. The molecule has 0 radical (unpaired) electrons. The van der Waals surface area contributed by atoms with Crippen LogP contribution >= 0.6 is 15.9 Å². The monoisotopic (exact) mass is 342 g/mol. The molecule has 0 spiro atoms. The number of likely N-dealkylation sites (N-methyl/N-ethyl adjacent to an activating group) is 1. The number of nitrogens with zero attached hydrogens (tertiary/aromatic N) is 1. The van der Waals surface area contributed by atoms with Gasteiger partial charge in [0.15, 0.2) is 0 Å². The molecule has 0 bridgehead atoms. The lowest BCUT2D eigenvalue weighted by atomic mass is 10.1. The summed E-state index contributed by atoms with van der Waals surface area (Å²) in [5, 5.41) is 12.0. The predicted octanol–water partition coefficient (Wildman–Crippen LogP) is 2.79. The summed E-state index contributed by atoms with van der Waals surface area (Å²) in [7, 11) is 1.69. The van der Waals surface area contributed by atoms with Crippen molar-refractivity contribution in [3.05, 3.63) is 34.3 Å². The van der Waals surface area contributed by atoms with Gasteiger partial charge in [-0.2, -0.15) is 0 Å².